The number of anilines is 1. The summed E-state index contributed by atoms with van der Waals surface area (Å²) < 4.78 is 10.7. The van der Waals surface area contributed by atoms with Crippen LogP contribution >= 0.6 is 0 Å². The highest BCUT2D eigenvalue weighted by Gasteiger charge is 2.16. The van der Waals surface area contributed by atoms with Crippen molar-refractivity contribution in [1.29, 1.82) is 0 Å². The van der Waals surface area contributed by atoms with Gasteiger partial charge in [0.2, 0.25) is 17.6 Å². The molecule has 0 unspecified atom stereocenters. The molecular weight excluding hydrogens is 368 g/mol. The van der Waals surface area contributed by atoms with Crippen molar-refractivity contribution in [2.24, 2.45) is 0 Å². The Hall–Kier alpha value is -3.19. The molecule has 0 atom stereocenters. The number of methoxy groups -OCH3 is 1. The minimum atomic E-state index is -0.133. The molecule has 1 N–H and O–H groups in total. The molecule has 7 heteroatoms. The van der Waals surface area contributed by atoms with Gasteiger partial charge in [-0.2, -0.15) is 4.98 Å². The highest BCUT2D eigenvalue weighted by atomic mass is 16.5. The molecule has 7 nitrogen and oxygen atoms in total. The minimum Gasteiger partial charge on any atom is -0.495 e. The summed E-state index contributed by atoms with van der Waals surface area (Å²) in [5.41, 5.74) is 2.82. The van der Waals surface area contributed by atoms with Crippen LogP contribution in [-0.4, -0.2) is 41.1 Å². The van der Waals surface area contributed by atoms with Gasteiger partial charge in [-0.25, -0.2) is 0 Å². The number of carbonyl (C=O) groups excluding carboxylic acids is 1. The summed E-state index contributed by atoms with van der Waals surface area (Å²) in [5.74, 6) is 1.52. The van der Waals surface area contributed by atoms with E-state index in [1.165, 1.54) is 5.56 Å². The molecule has 152 valence electrons. The van der Waals surface area contributed by atoms with Crippen molar-refractivity contribution in [2.75, 3.05) is 25.5 Å². The van der Waals surface area contributed by atoms with Crippen LogP contribution < -0.4 is 10.1 Å². The number of hydrogen-bond acceptors (Lipinski definition) is 6. The van der Waals surface area contributed by atoms with Gasteiger partial charge in [-0.05, 0) is 30.7 Å². The van der Waals surface area contributed by atoms with Gasteiger partial charge in [0.15, 0.2) is 0 Å². The van der Waals surface area contributed by atoms with Crippen molar-refractivity contribution in [3.63, 3.8) is 0 Å². The molecule has 0 bridgehead atoms. The van der Waals surface area contributed by atoms with Crippen LogP contribution in [0.4, 0.5) is 5.69 Å². The van der Waals surface area contributed by atoms with Crippen molar-refractivity contribution in [3.05, 3.63) is 60.0 Å². The molecule has 1 heterocycles. The number of benzene rings is 2. The van der Waals surface area contributed by atoms with Crippen LogP contribution in [0, 0.1) is 0 Å². The van der Waals surface area contributed by atoms with Crippen molar-refractivity contribution >= 4 is 11.6 Å². The third-order valence-corrected chi connectivity index (χ3v) is 4.64. The summed E-state index contributed by atoms with van der Waals surface area (Å²) in [6, 6.07) is 15.4. The van der Waals surface area contributed by atoms with E-state index in [9.17, 15) is 4.79 Å². The molecule has 0 aliphatic carbocycles. The highest BCUT2D eigenvalue weighted by Crippen LogP contribution is 2.23. The van der Waals surface area contributed by atoms with E-state index in [1.54, 1.807) is 19.2 Å². The first-order valence-electron chi connectivity index (χ1n) is 9.70. The van der Waals surface area contributed by atoms with Crippen LogP contribution in [0.3, 0.4) is 0 Å². The SMILES string of the molecule is CCc1ccc(-c2noc(CN(CC)CC(=O)Nc3ccccc3OC)n2)cc1. The van der Waals surface area contributed by atoms with Crippen molar-refractivity contribution in [2.45, 2.75) is 26.8 Å². The van der Waals surface area contributed by atoms with Gasteiger partial charge in [0.05, 0.1) is 25.9 Å². The minimum absolute atomic E-state index is 0.133. The average Bonchev–Trinajstić information content (AvgIpc) is 3.22. The van der Waals surface area contributed by atoms with Crippen LogP contribution in [0.1, 0.15) is 25.3 Å². The van der Waals surface area contributed by atoms with E-state index in [1.807, 2.05) is 36.1 Å². The molecule has 2 aromatic carbocycles. The number of aryl methyl sites for hydroxylation is 1. The predicted molar refractivity (Wildman–Crippen MR) is 112 cm³/mol. The van der Waals surface area contributed by atoms with E-state index in [0.29, 0.717) is 36.2 Å². The smallest absolute Gasteiger partial charge is 0.241 e. The number of carbonyl (C=O) groups is 1. The number of aromatic nitrogens is 2. The third kappa shape index (κ3) is 5.42. The van der Waals surface area contributed by atoms with Crippen molar-refractivity contribution in [1.82, 2.24) is 15.0 Å². The largest absolute Gasteiger partial charge is 0.495 e. The highest BCUT2D eigenvalue weighted by molar-refractivity contribution is 5.93. The Morgan fingerprint density at radius 1 is 1.14 bits per heavy atom. The Morgan fingerprint density at radius 2 is 1.90 bits per heavy atom. The number of nitrogens with one attached hydrogen (secondary N) is 1. The molecule has 0 fully saturated rings. The number of amides is 1. The van der Waals surface area contributed by atoms with Gasteiger partial charge in [-0.1, -0.05) is 55.4 Å². The molecule has 0 aliphatic heterocycles. The molecule has 0 spiro atoms. The first-order chi connectivity index (χ1) is 14.1. The maximum atomic E-state index is 12.5. The zero-order valence-corrected chi connectivity index (χ0v) is 17.0. The Kier molecular flexibility index (Phi) is 6.97. The number of hydrogen-bond donors (Lipinski definition) is 1. The van der Waals surface area contributed by atoms with Crippen molar-refractivity contribution in [3.8, 4) is 17.1 Å². The quantitative estimate of drug-likeness (QED) is 0.595. The number of para-hydroxylation sites is 2. The molecule has 0 saturated heterocycles. The molecule has 3 aromatic rings. The lowest BCUT2D eigenvalue weighted by Gasteiger charge is -2.18. The molecular formula is C22H26N4O3. The van der Waals surface area contributed by atoms with Crippen LogP contribution in [-0.2, 0) is 17.8 Å². The number of nitrogens with zero attached hydrogens (tertiary/aromatic N) is 3. The monoisotopic (exact) mass is 394 g/mol. The van der Waals surface area contributed by atoms with E-state index in [4.69, 9.17) is 9.26 Å². The van der Waals surface area contributed by atoms with E-state index in [0.717, 1.165) is 12.0 Å². The van der Waals surface area contributed by atoms with Crippen LogP contribution in [0.25, 0.3) is 11.4 Å². The molecule has 1 amide bonds. The van der Waals surface area contributed by atoms with Crippen LogP contribution in [0.5, 0.6) is 5.75 Å². The Labute approximate surface area is 170 Å². The van der Waals surface area contributed by atoms with Gasteiger partial charge < -0.3 is 14.6 Å². The van der Waals surface area contributed by atoms with E-state index >= 15 is 0 Å². The number of ether oxygens (including phenoxy) is 1. The second-order valence-electron chi connectivity index (χ2n) is 6.61. The van der Waals surface area contributed by atoms with Gasteiger partial charge in [0.25, 0.3) is 0 Å². The van der Waals surface area contributed by atoms with Gasteiger partial charge in [-0.3, -0.25) is 9.69 Å². The molecule has 3 rings (SSSR count). The standard InChI is InChI=1S/C22H26N4O3/c1-4-16-10-12-17(13-11-16)22-24-21(29-25-22)15-26(5-2)14-20(27)23-18-8-6-7-9-19(18)28-3/h6-13H,4-5,14-15H2,1-3H3,(H,23,27). The third-order valence-electron chi connectivity index (χ3n) is 4.64. The lowest BCUT2D eigenvalue weighted by molar-refractivity contribution is -0.117. The number of likely N-dealkylation sites (N-methyl/N-ethyl adjacent to an activating group) is 1. The summed E-state index contributed by atoms with van der Waals surface area (Å²) in [4.78, 5) is 18.9. The summed E-state index contributed by atoms with van der Waals surface area (Å²) in [6.45, 7) is 5.37. The Bertz CT molecular complexity index is 937. The normalized spacial score (nSPS) is 10.9. The molecule has 0 radical (unpaired) electrons. The van der Waals surface area contributed by atoms with Gasteiger partial charge >= 0.3 is 0 Å². The second-order valence-corrected chi connectivity index (χ2v) is 6.61. The second kappa shape index (κ2) is 9.84. The fourth-order valence-corrected chi connectivity index (χ4v) is 2.94. The van der Waals surface area contributed by atoms with E-state index < -0.39 is 0 Å². The molecule has 0 saturated carbocycles. The predicted octanol–water partition coefficient (Wildman–Crippen LogP) is 3.77. The summed E-state index contributed by atoms with van der Waals surface area (Å²) in [5, 5.41) is 6.95. The fourth-order valence-electron chi connectivity index (χ4n) is 2.94. The van der Waals surface area contributed by atoms with E-state index in [-0.39, 0.29) is 12.5 Å². The van der Waals surface area contributed by atoms with Crippen LogP contribution in [0.2, 0.25) is 0 Å². The summed E-state index contributed by atoms with van der Waals surface area (Å²) >= 11 is 0. The Balaban J connectivity index is 1.61. The van der Waals surface area contributed by atoms with Gasteiger partial charge in [0.1, 0.15) is 5.75 Å². The maximum absolute atomic E-state index is 12.5. The van der Waals surface area contributed by atoms with Gasteiger partial charge in [-0.15, -0.1) is 0 Å². The first kappa shape index (κ1) is 20.5. The number of rotatable bonds is 9. The zero-order chi connectivity index (χ0) is 20.6. The fraction of sp³-hybridized carbons (Fsp3) is 0.318. The summed E-state index contributed by atoms with van der Waals surface area (Å²) in [6.07, 6.45) is 0.986. The average molecular weight is 394 g/mol. The van der Waals surface area contributed by atoms with Crippen LogP contribution in [0.15, 0.2) is 53.1 Å². The molecule has 29 heavy (non-hydrogen) atoms. The summed E-state index contributed by atoms with van der Waals surface area (Å²) in [7, 11) is 1.58. The van der Waals surface area contributed by atoms with Gasteiger partial charge in [0, 0.05) is 5.56 Å². The lowest BCUT2D eigenvalue weighted by atomic mass is 10.1. The zero-order valence-electron chi connectivity index (χ0n) is 17.0. The Morgan fingerprint density at radius 3 is 2.59 bits per heavy atom. The molecule has 0 aliphatic rings. The van der Waals surface area contributed by atoms with E-state index in [2.05, 4.69) is 34.5 Å². The topological polar surface area (TPSA) is 80.5 Å². The molecule has 1 aromatic heterocycles. The lowest BCUT2D eigenvalue weighted by Crippen LogP contribution is -2.33. The first-order valence-corrected chi connectivity index (χ1v) is 9.70. The maximum Gasteiger partial charge on any atom is 0.241 e. The van der Waals surface area contributed by atoms with Crippen molar-refractivity contribution < 1.29 is 14.1 Å².